The van der Waals surface area contributed by atoms with Crippen LogP contribution in [-0.4, -0.2) is 25.2 Å². The molecule has 116 valence electrons. The van der Waals surface area contributed by atoms with Crippen molar-refractivity contribution >= 4 is 11.2 Å². The van der Waals surface area contributed by atoms with Crippen LogP contribution in [0, 0.1) is 6.92 Å². The molecule has 0 bridgehead atoms. The van der Waals surface area contributed by atoms with E-state index in [1.165, 1.54) is 4.57 Å². The van der Waals surface area contributed by atoms with Crippen molar-refractivity contribution in [1.29, 1.82) is 0 Å². The maximum Gasteiger partial charge on any atom is 0.332 e. The van der Waals surface area contributed by atoms with Crippen molar-refractivity contribution in [3.8, 4) is 0 Å². The van der Waals surface area contributed by atoms with Gasteiger partial charge in [-0.1, -0.05) is 0 Å². The van der Waals surface area contributed by atoms with Crippen LogP contribution in [0.25, 0.3) is 11.2 Å². The Kier molecular flexibility index (Phi) is 4.32. The van der Waals surface area contributed by atoms with Gasteiger partial charge in [-0.25, -0.2) is 9.78 Å². The fraction of sp³-hybridized carbons (Fsp3) is 0.643. The lowest BCUT2D eigenvalue weighted by atomic mass is 10.3. The normalized spacial score (nSPS) is 11.7. The molecule has 0 spiro atoms. The minimum absolute atomic E-state index is 0.0596. The van der Waals surface area contributed by atoms with Crippen LogP contribution in [0.15, 0.2) is 9.59 Å². The van der Waals surface area contributed by atoms with Crippen molar-refractivity contribution in [2.24, 2.45) is 5.73 Å². The van der Waals surface area contributed by atoms with Gasteiger partial charge in [0.2, 0.25) is 0 Å². The lowest BCUT2D eigenvalue weighted by molar-refractivity contribution is 0.532. The van der Waals surface area contributed by atoms with E-state index in [4.69, 9.17) is 5.73 Å². The van der Waals surface area contributed by atoms with Gasteiger partial charge < -0.3 is 10.3 Å². The first kappa shape index (κ1) is 15.5. The van der Waals surface area contributed by atoms with Gasteiger partial charge in [-0.05, 0) is 40.7 Å². The van der Waals surface area contributed by atoms with E-state index in [0.717, 1.165) is 12.2 Å². The van der Waals surface area contributed by atoms with Crippen molar-refractivity contribution in [3.63, 3.8) is 0 Å². The minimum Gasteiger partial charge on any atom is -0.330 e. The topological polar surface area (TPSA) is 87.8 Å². The summed E-state index contributed by atoms with van der Waals surface area (Å²) in [4.78, 5) is 29.5. The molecule has 2 rings (SSSR count). The molecule has 2 aromatic heterocycles. The highest BCUT2D eigenvalue weighted by molar-refractivity contribution is 5.71. The SMILES string of the molecule is CCn1c(=O)c2c(nc(C)n2CCCN)n(C(C)C)c1=O. The number of aromatic nitrogens is 4. The average Bonchev–Trinajstić information content (AvgIpc) is 2.73. The summed E-state index contributed by atoms with van der Waals surface area (Å²) in [6.07, 6.45) is 0.763. The number of hydrogen-bond acceptors (Lipinski definition) is 4. The van der Waals surface area contributed by atoms with Crippen LogP contribution in [-0.2, 0) is 13.1 Å². The van der Waals surface area contributed by atoms with Gasteiger partial charge in [-0.2, -0.15) is 0 Å². The van der Waals surface area contributed by atoms with Gasteiger partial charge in [-0.15, -0.1) is 0 Å². The van der Waals surface area contributed by atoms with E-state index < -0.39 is 0 Å². The highest BCUT2D eigenvalue weighted by atomic mass is 16.2. The molecule has 0 aromatic carbocycles. The molecule has 2 aromatic rings. The smallest absolute Gasteiger partial charge is 0.330 e. The Labute approximate surface area is 123 Å². The zero-order chi connectivity index (χ0) is 15.7. The van der Waals surface area contributed by atoms with Crippen molar-refractivity contribution in [1.82, 2.24) is 18.7 Å². The Morgan fingerprint density at radius 1 is 1.24 bits per heavy atom. The maximum absolute atomic E-state index is 12.6. The number of imidazole rings is 1. The predicted octanol–water partition coefficient (Wildman–Crippen LogP) is 0.618. The fourth-order valence-electron chi connectivity index (χ4n) is 2.63. The average molecular weight is 293 g/mol. The van der Waals surface area contributed by atoms with E-state index in [9.17, 15) is 9.59 Å². The summed E-state index contributed by atoms with van der Waals surface area (Å²) in [6.45, 7) is 9.01. The molecule has 0 saturated heterocycles. The van der Waals surface area contributed by atoms with Gasteiger partial charge in [-0.3, -0.25) is 13.9 Å². The zero-order valence-electron chi connectivity index (χ0n) is 13.1. The second-order valence-electron chi connectivity index (χ2n) is 5.42. The molecule has 0 amide bonds. The van der Waals surface area contributed by atoms with E-state index in [2.05, 4.69) is 4.98 Å². The van der Waals surface area contributed by atoms with Gasteiger partial charge in [0, 0.05) is 19.1 Å². The summed E-state index contributed by atoms with van der Waals surface area (Å²) in [5.74, 6) is 0.734. The Balaban J connectivity index is 2.92. The number of hydrogen-bond donors (Lipinski definition) is 1. The van der Waals surface area contributed by atoms with Crippen LogP contribution in [0.1, 0.15) is 39.1 Å². The molecule has 0 unspecified atom stereocenters. The van der Waals surface area contributed by atoms with Gasteiger partial charge >= 0.3 is 5.69 Å². The summed E-state index contributed by atoms with van der Waals surface area (Å²) in [5.41, 5.74) is 5.96. The molecular weight excluding hydrogens is 270 g/mol. The number of rotatable bonds is 5. The third-order valence-electron chi connectivity index (χ3n) is 3.67. The Morgan fingerprint density at radius 3 is 2.43 bits per heavy atom. The van der Waals surface area contributed by atoms with Crippen molar-refractivity contribution in [2.45, 2.75) is 53.2 Å². The van der Waals surface area contributed by atoms with Crippen LogP contribution < -0.4 is 17.0 Å². The number of aryl methyl sites for hydroxylation is 2. The van der Waals surface area contributed by atoms with Gasteiger partial charge in [0.15, 0.2) is 11.2 Å². The molecule has 0 aliphatic rings. The molecule has 7 nitrogen and oxygen atoms in total. The molecule has 0 radical (unpaired) electrons. The van der Waals surface area contributed by atoms with Crippen LogP contribution in [0.4, 0.5) is 0 Å². The third kappa shape index (κ3) is 2.42. The molecular formula is C14H23N5O2. The first-order chi connectivity index (χ1) is 9.93. The maximum atomic E-state index is 12.6. The number of fused-ring (bicyclic) bond motifs is 1. The molecule has 0 saturated carbocycles. The van der Waals surface area contributed by atoms with Crippen LogP contribution in [0.3, 0.4) is 0 Å². The van der Waals surface area contributed by atoms with Crippen LogP contribution >= 0.6 is 0 Å². The summed E-state index contributed by atoms with van der Waals surface area (Å²) in [6, 6.07) is -0.0596. The van der Waals surface area contributed by atoms with Crippen molar-refractivity contribution < 1.29 is 0 Å². The molecule has 2 heterocycles. The first-order valence-electron chi connectivity index (χ1n) is 7.36. The molecule has 0 fully saturated rings. The Hall–Kier alpha value is -1.89. The molecule has 21 heavy (non-hydrogen) atoms. The van der Waals surface area contributed by atoms with Gasteiger partial charge in [0.25, 0.3) is 5.56 Å². The summed E-state index contributed by atoms with van der Waals surface area (Å²) in [7, 11) is 0. The van der Waals surface area contributed by atoms with Gasteiger partial charge in [0.1, 0.15) is 5.82 Å². The summed E-state index contributed by atoms with van der Waals surface area (Å²) >= 11 is 0. The first-order valence-corrected chi connectivity index (χ1v) is 7.36. The van der Waals surface area contributed by atoms with E-state index in [0.29, 0.717) is 30.8 Å². The lowest BCUT2D eigenvalue weighted by Crippen LogP contribution is -2.40. The standard InChI is InChI=1S/C14H23N5O2/c1-5-17-13(20)11-12(19(9(2)3)14(17)21)16-10(4)18(11)8-6-7-15/h9H,5-8,15H2,1-4H3. The lowest BCUT2D eigenvalue weighted by Gasteiger charge is -2.14. The van der Waals surface area contributed by atoms with Gasteiger partial charge in [0.05, 0.1) is 0 Å². The quantitative estimate of drug-likeness (QED) is 0.875. The highest BCUT2D eigenvalue weighted by Crippen LogP contribution is 2.15. The second-order valence-corrected chi connectivity index (χ2v) is 5.42. The third-order valence-corrected chi connectivity index (χ3v) is 3.67. The Bertz CT molecular complexity index is 766. The largest absolute Gasteiger partial charge is 0.332 e. The molecule has 7 heteroatoms. The van der Waals surface area contributed by atoms with Crippen molar-refractivity contribution in [2.75, 3.05) is 6.54 Å². The summed E-state index contributed by atoms with van der Waals surface area (Å²) < 4.78 is 4.73. The molecule has 0 aliphatic carbocycles. The van der Waals surface area contributed by atoms with Crippen LogP contribution in [0.5, 0.6) is 0 Å². The second kappa shape index (κ2) is 5.85. The Morgan fingerprint density at radius 2 is 1.90 bits per heavy atom. The van der Waals surface area contributed by atoms with E-state index in [1.807, 2.05) is 25.3 Å². The minimum atomic E-state index is -0.298. The van der Waals surface area contributed by atoms with Crippen LogP contribution in [0.2, 0.25) is 0 Å². The predicted molar refractivity (Wildman–Crippen MR) is 82.7 cm³/mol. The molecule has 0 atom stereocenters. The summed E-state index contributed by atoms with van der Waals surface area (Å²) in [5, 5.41) is 0. The zero-order valence-corrected chi connectivity index (χ0v) is 13.1. The van der Waals surface area contributed by atoms with E-state index in [-0.39, 0.29) is 17.3 Å². The number of nitrogens with two attached hydrogens (primary N) is 1. The fourth-order valence-corrected chi connectivity index (χ4v) is 2.63. The monoisotopic (exact) mass is 293 g/mol. The van der Waals surface area contributed by atoms with E-state index >= 15 is 0 Å². The van der Waals surface area contributed by atoms with E-state index in [1.54, 1.807) is 11.5 Å². The number of nitrogens with zero attached hydrogens (tertiary/aromatic N) is 4. The molecule has 0 aliphatic heterocycles. The highest BCUT2D eigenvalue weighted by Gasteiger charge is 2.20. The van der Waals surface area contributed by atoms with Crippen molar-refractivity contribution in [3.05, 3.63) is 26.7 Å². The molecule has 2 N–H and O–H groups in total.